The number of amides is 1. The molecule has 0 bridgehead atoms. The molecule has 3 saturated heterocycles. The number of piperidine rings is 1. The Bertz CT molecular complexity index is 786. The Kier molecular flexibility index (Phi) is 7.66. The monoisotopic (exact) mass is 458 g/mol. The number of carbonyl (C=O) groups is 2. The zero-order valence-electron chi connectivity index (χ0n) is 17.8. The smallest absolute Gasteiger partial charge is 0.490 e. The van der Waals surface area contributed by atoms with Gasteiger partial charge in [-0.05, 0) is 74.9 Å². The van der Waals surface area contributed by atoms with Gasteiger partial charge >= 0.3 is 12.1 Å². The number of aliphatic carboxylic acids is 1. The number of carboxylic acid groups (broad SMARTS) is 1. The van der Waals surface area contributed by atoms with Crippen LogP contribution in [0.15, 0.2) is 24.3 Å². The van der Waals surface area contributed by atoms with Crippen LogP contribution < -0.4 is 0 Å². The van der Waals surface area contributed by atoms with E-state index in [9.17, 15) is 23.1 Å². The second-order valence-corrected chi connectivity index (χ2v) is 8.79. The van der Waals surface area contributed by atoms with Gasteiger partial charge in [0.15, 0.2) is 0 Å². The van der Waals surface area contributed by atoms with Crippen molar-refractivity contribution in [2.45, 2.75) is 44.4 Å². The zero-order chi connectivity index (χ0) is 23.4. The van der Waals surface area contributed by atoms with Crippen LogP contribution in [0, 0.1) is 5.41 Å². The SMILES string of the molecule is O=C(O)C(F)(F)F.O=C(c1ccc(O)cc1)N1CCC2(CC1)COC(CN1CCCC1)C2. The van der Waals surface area contributed by atoms with Crippen molar-refractivity contribution in [2.75, 3.05) is 39.3 Å². The number of carboxylic acids is 1. The standard InChI is InChI=1S/C20H28N2O3.C2HF3O2/c23-17-5-3-16(4-6-17)19(24)22-11-7-20(8-12-22)13-18(25-15-20)14-21-9-1-2-10-21;3-2(4,5)1(6)7/h3-6,18,23H,1-2,7-15H2;(H,6,7). The van der Waals surface area contributed by atoms with Gasteiger partial charge in [-0.25, -0.2) is 4.79 Å². The second-order valence-electron chi connectivity index (χ2n) is 8.79. The number of hydrogen-bond acceptors (Lipinski definition) is 5. The summed E-state index contributed by atoms with van der Waals surface area (Å²) in [5.41, 5.74) is 0.930. The summed E-state index contributed by atoms with van der Waals surface area (Å²) in [6.45, 7) is 5.99. The van der Waals surface area contributed by atoms with Crippen LogP contribution in [0.5, 0.6) is 5.75 Å². The van der Waals surface area contributed by atoms with Crippen LogP contribution in [0.4, 0.5) is 13.2 Å². The lowest BCUT2D eigenvalue weighted by Gasteiger charge is -2.38. The third kappa shape index (κ3) is 6.35. The molecule has 0 aliphatic carbocycles. The van der Waals surface area contributed by atoms with E-state index in [-0.39, 0.29) is 17.1 Å². The molecule has 0 saturated carbocycles. The van der Waals surface area contributed by atoms with Crippen LogP contribution in [0.1, 0.15) is 42.5 Å². The molecule has 1 spiro atoms. The molecule has 178 valence electrons. The quantitative estimate of drug-likeness (QED) is 0.724. The maximum Gasteiger partial charge on any atom is 0.490 e. The van der Waals surface area contributed by atoms with Gasteiger partial charge in [-0.1, -0.05) is 0 Å². The molecule has 1 unspecified atom stereocenters. The number of likely N-dealkylation sites (tertiary alicyclic amines) is 2. The minimum atomic E-state index is -5.08. The molecule has 0 radical (unpaired) electrons. The van der Waals surface area contributed by atoms with E-state index in [1.165, 1.54) is 25.9 Å². The molecule has 3 fully saturated rings. The number of rotatable bonds is 3. The average Bonchev–Trinajstić information content (AvgIpc) is 3.39. The molecular formula is C22H29F3N2O5. The maximum absolute atomic E-state index is 12.6. The van der Waals surface area contributed by atoms with Crippen LogP contribution in [0.25, 0.3) is 0 Å². The summed E-state index contributed by atoms with van der Waals surface area (Å²) in [5, 5.41) is 16.5. The highest BCUT2D eigenvalue weighted by Gasteiger charge is 2.43. The Hall–Kier alpha value is -2.33. The summed E-state index contributed by atoms with van der Waals surface area (Å²) in [4.78, 5) is 26.0. The molecule has 3 aliphatic heterocycles. The van der Waals surface area contributed by atoms with Gasteiger partial charge in [-0.2, -0.15) is 13.2 Å². The molecule has 1 atom stereocenters. The van der Waals surface area contributed by atoms with Crippen molar-refractivity contribution >= 4 is 11.9 Å². The first-order valence-electron chi connectivity index (χ1n) is 10.8. The Morgan fingerprint density at radius 2 is 1.62 bits per heavy atom. The van der Waals surface area contributed by atoms with Gasteiger partial charge in [0.2, 0.25) is 0 Å². The lowest BCUT2D eigenvalue weighted by molar-refractivity contribution is -0.192. The number of phenolic OH excluding ortho intramolecular Hbond substituents is 1. The van der Waals surface area contributed by atoms with E-state index in [0.717, 1.165) is 45.5 Å². The maximum atomic E-state index is 12.6. The third-order valence-electron chi connectivity index (χ3n) is 6.41. The summed E-state index contributed by atoms with van der Waals surface area (Å²) >= 11 is 0. The Morgan fingerprint density at radius 1 is 1.06 bits per heavy atom. The first-order valence-corrected chi connectivity index (χ1v) is 10.8. The molecule has 7 nitrogen and oxygen atoms in total. The van der Waals surface area contributed by atoms with Gasteiger partial charge < -0.3 is 24.7 Å². The van der Waals surface area contributed by atoms with Crippen LogP contribution >= 0.6 is 0 Å². The number of nitrogens with zero attached hydrogens (tertiary/aromatic N) is 2. The Morgan fingerprint density at radius 3 is 2.16 bits per heavy atom. The number of phenols is 1. The molecule has 32 heavy (non-hydrogen) atoms. The van der Waals surface area contributed by atoms with Gasteiger partial charge in [0.05, 0.1) is 12.7 Å². The molecule has 3 aliphatic rings. The second kappa shape index (κ2) is 10.1. The fourth-order valence-electron chi connectivity index (χ4n) is 4.59. The zero-order valence-corrected chi connectivity index (χ0v) is 17.8. The number of halogens is 3. The highest BCUT2D eigenvalue weighted by Crippen LogP contribution is 2.42. The topological polar surface area (TPSA) is 90.3 Å². The number of alkyl halides is 3. The fourth-order valence-corrected chi connectivity index (χ4v) is 4.59. The van der Waals surface area contributed by atoms with Crippen LogP contribution in [-0.4, -0.2) is 83.5 Å². The van der Waals surface area contributed by atoms with Crippen LogP contribution in [-0.2, 0) is 9.53 Å². The molecular weight excluding hydrogens is 429 g/mol. The molecule has 2 N–H and O–H groups in total. The summed E-state index contributed by atoms with van der Waals surface area (Å²) in [5.74, 6) is -2.49. The fraction of sp³-hybridized carbons (Fsp3) is 0.636. The third-order valence-corrected chi connectivity index (χ3v) is 6.41. The largest absolute Gasteiger partial charge is 0.508 e. The predicted molar refractivity (Wildman–Crippen MR) is 109 cm³/mol. The van der Waals surface area contributed by atoms with Crippen molar-refractivity contribution < 1.29 is 37.7 Å². The van der Waals surface area contributed by atoms with Crippen molar-refractivity contribution in [3.8, 4) is 5.75 Å². The summed E-state index contributed by atoms with van der Waals surface area (Å²) < 4.78 is 37.9. The highest BCUT2D eigenvalue weighted by atomic mass is 19.4. The molecule has 1 aromatic rings. The van der Waals surface area contributed by atoms with Gasteiger partial charge in [-0.3, -0.25) is 4.79 Å². The van der Waals surface area contributed by atoms with E-state index >= 15 is 0 Å². The molecule has 3 heterocycles. The number of benzene rings is 1. The Balaban J connectivity index is 0.000000360. The number of carbonyl (C=O) groups excluding carboxylic acids is 1. The molecule has 1 aromatic carbocycles. The molecule has 10 heteroatoms. The van der Waals surface area contributed by atoms with Gasteiger partial charge in [0.25, 0.3) is 5.91 Å². The van der Waals surface area contributed by atoms with Crippen molar-refractivity contribution in [1.82, 2.24) is 9.80 Å². The summed E-state index contributed by atoms with van der Waals surface area (Å²) in [6.07, 6.45) is 1.15. The van der Waals surface area contributed by atoms with Crippen molar-refractivity contribution in [3.63, 3.8) is 0 Å². The van der Waals surface area contributed by atoms with Crippen molar-refractivity contribution in [3.05, 3.63) is 29.8 Å². The summed E-state index contributed by atoms with van der Waals surface area (Å²) in [6, 6.07) is 6.55. The average molecular weight is 458 g/mol. The van der Waals surface area contributed by atoms with Crippen LogP contribution in [0.3, 0.4) is 0 Å². The predicted octanol–water partition coefficient (Wildman–Crippen LogP) is 3.13. The molecule has 0 aromatic heterocycles. The number of ether oxygens (including phenoxy) is 1. The van der Waals surface area contributed by atoms with Crippen LogP contribution in [0.2, 0.25) is 0 Å². The van der Waals surface area contributed by atoms with E-state index < -0.39 is 12.1 Å². The normalized spacial score (nSPS) is 23.1. The summed E-state index contributed by atoms with van der Waals surface area (Å²) in [7, 11) is 0. The van der Waals surface area contributed by atoms with E-state index in [2.05, 4.69) is 4.90 Å². The van der Waals surface area contributed by atoms with Crippen molar-refractivity contribution in [2.24, 2.45) is 5.41 Å². The van der Waals surface area contributed by atoms with Gasteiger partial charge in [0, 0.05) is 25.2 Å². The minimum absolute atomic E-state index is 0.0717. The number of hydrogen-bond donors (Lipinski definition) is 2. The lowest BCUT2D eigenvalue weighted by atomic mass is 9.76. The number of aromatic hydroxyl groups is 1. The van der Waals surface area contributed by atoms with Gasteiger partial charge in [-0.15, -0.1) is 0 Å². The van der Waals surface area contributed by atoms with E-state index in [4.69, 9.17) is 14.6 Å². The first kappa shape index (κ1) is 24.3. The minimum Gasteiger partial charge on any atom is -0.508 e. The van der Waals surface area contributed by atoms with E-state index in [1.807, 2.05) is 4.90 Å². The van der Waals surface area contributed by atoms with E-state index in [0.29, 0.717) is 11.7 Å². The van der Waals surface area contributed by atoms with Gasteiger partial charge in [0.1, 0.15) is 5.75 Å². The molecule has 1 amide bonds. The van der Waals surface area contributed by atoms with E-state index in [1.54, 1.807) is 24.3 Å². The Labute approximate surface area is 184 Å². The highest BCUT2D eigenvalue weighted by molar-refractivity contribution is 5.94. The molecule has 4 rings (SSSR count). The lowest BCUT2D eigenvalue weighted by Crippen LogP contribution is -2.43. The van der Waals surface area contributed by atoms with Crippen molar-refractivity contribution in [1.29, 1.82) is 0 Å². The first-order chi connectivity index (χ1) is 15.1.